The molecular formula is C11H15NO4. The Labute approximate surface area is 93.1 Å². The molecule has 3 N–H and O–H groups in total. The zero-order chi connectivity index (χ0) is 11.5. The fourth-order valence-electron chi connectivity index (χ4n) is 1.58. The van der Waals surface area contributed by atoms with E-state index in [2.05, 4.69) is 5.32 Å². The maximum Gasteiger partial charge on any atom is 0.338 e. The summed E-state index contributed by atoms with van der Waals surface area (Å²) in [6.45, 7) is 0.963. The van der Waals surface area contributed by atoms with E-state index in [-0.39, 0.29) is 11.7 Å². The van der Waals surface area contributed by atoms with Crippen LogP contribution in [0.4, 0.5) is 0 Å². The van der Waals surface area contributed by atoms with Crippen molar-refractivity contribution in [3.63, 3.8) is 0 Å². The third-order valence-corrected chi connectivity index (χ3v) is 2.72. The first kappa shape index (κ1) is 11.2. The SMILES string of the molecule is O=C(O)c1coc(CNCC(O)C2CC2)c1. The second-order valence-corrected chi connectivity index (χ2v) is 4.14. The maximum absolute atomic E-state index is 10.6. The summed E-state index contributed by atoms with van der Waals surface area (Å²) < 4.78 is 5.06. The summed E-state index contributed by atoms with van der Waals surface area (Å²) in [5.74, 6) is 0.0205. The zero-order valence-electron chi connectivity index (χ0n) is 8.85. The quantitative estimate of drug-likeness (QED) is 0.668. The molecule has 1 aliphatic carbocycles. The predicted octanol–water partition coefficient (Wildman–Crippen LogP) is 0.838. The Balaban J connectivity index is 1.73. The number of hydrogen-bond donors (Lipinski definition) is 3. The Bertz CT molecular complexity index is 370. The number of nitrogens with one attached hydrogen (secondary N) is 1. The minimum atomic E-state index is -0.993. The number of carboxylic acids is 1. The molecule has 88 valence electrons. The van der Waals surface area contributed by atoms with Crippen LogP contribution in [0.3, 0.4) is 0 Å². The molecule has 0 bridgehead atoms. The van der Waals surface area contributed by atoms with Gasteiger partial charge in [0.25, 0.3) is 0 Å². The smallest absolute Gasteiger partial charge is 0.338 e. The minimum Gasteiger partial charge on any atom is -0.478 e. The van der Waals surface area contributed by atoms with Crippen molar-refractivity contribution < 1.29 is 19.4 Å². The van der Waals surface area contributed by atoms with Crippen LogP contribution >= 0.6 is 0 Å². The van der Waals surface area contributed by atoms with E-state index in [1.54, 1.807) is 0 Å². The van der Waals surface area contributed by atoms with Gasteiger partial charge in [0.2, 0.25) is 0 Å². The molecule has 0 spiro atoms. The lowest BCUT2D eigenvalue weighted by atomic mass is 10.2. The first-order valence-corrected chi connectivity index (χ1v) is 5.36. The molecule has 1 fully saturated rings. The van der Waals surface area contributed by atoms with E-state index in [0.717, 1.165) is 12.8 Å². The van der Waals surface area contributed by atoms with Crippen molar-refractivity contribution in [1.29, 1.82) is 0 Å². The molecule has 1 aliphatic rings. The summed E-state index contributed by atoms with van der Waals surface area (Å²) in [5.41, 5.74) is 0.152. The van der Waals surface area contributed by atoms with E-state index in [9.17, 15) is 9.90 Å². The molecule has 5 heteroatoms. The Morgan fingerprint density at radius 3 is 2.94 bits per heavy atom. The van der Waals surface area contributed by atoms with Gasteiger partial charge in [-0.25, -0.2) is 4.79 Å². The van der Waals surface area contributed by atoms with E-state index < -0.39 is 5.97 Å². The van der Waals surface area contributed by atoms with Crippen molar-refractivity contribution in [3.05, 3.63) is 23.7 Å². The van der Waals surface area contributed by atoms with Gasteiger partial charge >= 0.3 is 5.97 Å². The number of furan rings is 1. The Hall–Kier alpha value is -1.33. The molecule has 1 atom stereocenters. The summed E-state index contributed by atoms with van der Waals surface area (Å²) in [5, 5.41) is 21.3. The lowest BCUT2D eigenvalue weighted by molar-refractivity contribution is 0.0696. The minimum absolute atomic E-state index is 0.152. The number of carboxylic acid groups (broad SMARTS) is 1. The van der Waals surface area contributed by atoms with Crippen LogP contribution in [-0.2, 0) is 6.54 Å². The van der Waals surface area contributed by atoms with Crippen LogP contribution in [0.2, 0.25) is 0 Å². The molecule has 1 heterocycles. The standard InChI is InChI=1S/C11H15NO4/c13-10(7-1-2-7)5-12-4-9-3-8(6-16-9)11(14)15/h3,6-7,10,12-13H,1-2,4-5H2,(H,14,15). The Morgan fingerprint density at radius 2 is 2.38 bits per heavy atom. The molecule has 1 aromatic rings. The average Bonchev–Trinajstić information content (AvgIpc) is 2.98. The lowest BCUT2D eigenvalue weighted by Crippen LogP contribution is -2.27. The van der Waals surface area contributed by atoms with Gasteiger partial charge in [0.05, 0.1) is 18.2 Å². The van der Waals surface area contributed by atoms with Crippen molar-refractivity contribution in [3.8, 4) is 0 Å². The molecule has 0 aromatic carbocycles. The monoisotopic (exact) mass is 225 g/mol. The molecule has 0 saturated heterocycles. The van der Waals surface area contributed by atoms with Crippen molar-refractivity contribution in [2.75, 3.05) is 6.54 Å². The van der Waals surface area contributed by atoms with Crippen LogP contribution in [-0.4, -0.2) is 28.8 Å². The summed E-state index contributed by atoms with van der Waals surface area (Å²) in [6.07, 6.45) is 3.13. The van der Waals surface area contributed by atoms with Gasteiger partial charge in [-0.2, -0.15) is 0 Å². The van der Waals surface area contributed by atoms with Gasteiger partial charge < -0.3 is 19.9 Å². The number of aliphatic hydroxyl groups excluding tert-OH is 1. The first-order chi connectivity index (χ1) is 7.66. The number of rotatable bonds is 6. The maximum atomic E-state index is 10.6. The molecule has 2 rings (SSSR count). The number of carbonyl (C=O) groups is 1. The van der Waals surface area contributed by atoms with Crippen LogP contribution in [0.15, 0.2) is 16.7 Å². The van der Waals surface area contributed by atoms with Crippen molar-refractivity contribution >= 4 is 5.97 Å². The highest BCUT2D eigenvalue weighted by molar-refractivity contribution is 5.87. The molecule has 1 unspecified atom stereocenters. The van der Waals surface area contributed by atoms with Gasteiger partial charge in [-0.3, -0.25) is 0 Å². The molecule has 5 nitrogen and oxygen atoms in total. The van der Waals surface area contributed by atoms with Gasteiger partial charge in [0.15, 0.2) is 0 Å². The van der Waals surface area contributed by atoms with Crippen LogP contribution < -0.4 is 5.32 Å². The highest BCUT2D eigenvalue weighted by atomic mass is 16.4. The lowest BCUT2D eigenvalue weighted by Gasteiger charge is -2.08. The van der Waals surface area contributed by atoms with Gasteiger partial charge in [-0.05, 0) is 24.8 Å². The van der Waals surface area contributed by atoms with E-state index in [4.69, 9.17) is 9.52 Å². The van der Waals surface area contributed by atoms with Gasteiger partial charge in [-0.1, -0.05) is 0 Å². The number of hydrogen-bond acceptors (Lipinski definition) is 4. The fourth-order valence-corrected chi connectivity index (χ4v) is 1.58. The second kappa shape index (κ2) is 4.67. The molecule has 0 aliphatic heterocycles. The fraction of sp³-hybridized carbons (Fsp3) is 0.545. The van der Waals surface area contributed by atoms with Crippen molar-refractivity contribution in [2.24, 2.45) is 5.92 Å². The van der Waals surface area contributed by atoms with Crippen LogP contribution in [0.5, 0.6) is 0 Å². The largest absolute Gasteiger partial charge is 0.478 e. The Morgan fingerprint density at radius 1 is 1.62 bits per heavy atom. The highest BCUT2D eigenvalue weighted by Gasteiger charge is 2.29. The zero-order valence-corrected chi connectivity index (χ0v) is 8.85. The average molecular weight is 225 g/mol. The number of aliphatic hydroxyl groups is 1. The highest BCUT2D eigenvalue weighted by Crippen LogP contribution is 2.32. The third kappa shape index (κ3) is 2.84. The van der Waals surface area contributed by atoms with E-state index in [0.29, 0.717) is 24.8 Å². The van der Waals surface area contributed by atoms with Crippen molar-refractivity contribution in [1.82, 2.24) is 5.32 Å². The Kier molecular flexibility index (Phi) is 3.26. The normalized spacial score (nSPS) is 17.3. The van der Waals surface area contributed by atoms with Gasteiger partial charge in [0, 0.05) is 6.54 Å². The molecule has 1 aromatic heterocycles. The molecular weight excluding hydrogens is 210 g/mol. The molecule has 0 amide bonds. The molecule has 0 radical (unpaired) electrons. The van der Waals surface area contributed by atoms with Crippen LogP contribution in [0.25, 0.3) is 0 Å². The van der Waals surface area contributed by atoms with Gasteiger partial charge in [0.1, 0.15) is 12.0 Å². The topological polar surface area (TPSA) is 82.7 Å². The van der Waals surface area contributed by atoms with Crippen LogP contribution in [0.1, 0.15) is 29.0 Å². The number of aromatic carboxylic acids is 1. The predicted molar refractivity (Wildman–Crippen MR) is 56.1 cm³/mol. The first-order valence-electron chi connectivity index (χ1n) is 5.36. The van der Waals surface area contributed by atoms with Gasteiger partial charge in [-0.15, -0.1) is 0 Å². The van der Waals surface area contributed by atoms with E-state index in [1.807, 2.05) is 0 Å². The van der Waals surface area contributed by atoms with E-state index in [1.165, 1.54) is 12.3 Å². The van der Waals surface area contributed by atoms with E-state index >= 15 is 0 Å². The third-order valence-electron chi connectivity index (χ3n) is 2.72. The summed E-state index contributed by atoms with van der Waals surface area (Å²) >= 11 is 0. The van der Waals surface area contributed by atoms with Crippen molar-refractivity contribution in [2.45, 2.75) is 25.5 Å². The molecule has 1 saturated carbocycles. The molecule has 16 heavy (non-hydrogen) atoms. The summed E-state index contributed by atoms with van der Waals surface area (Å²) in [4.78, 5) is 10.6. The summed E-state index contributed by atoms with van der Waals surface area (Å²) in [7, 11) is 0. The van der Waals surface area contributed by atoms with Crippen LogP contribution in [0, 0.1) is 5.92 Å². The summed E-state index contributed by atoms with van der Waals surface area (Å²) in [6, 6.07) is 1.48. The second-order valence-electron chi connectivity index (χ2n) is 4.14.